The summed E-state index contributed by atoms with van der Waals surface area (Å²) in [5.41, 5.74) is 3.87. The van der Waals surface area contributed by atoms with Gasteiger partial charge in [-0.3, -0.25) is 9.48 Å². The zero-order valence-electron chi connectivity index (χ0n) is 13.7. The summed E-state index contributed by atoms with van der Waals surface area (Å²) in [6.45, 7) is 7.03. The molecule has 23 heavy (non-hydrogen) atoms. The number of halogens is 1. The molecule has 1 fully saturated rings. The van der Waals surface area contributed by atoms with Crippen molar-refractivity contribution in [2.24, 2.45) is 7.05 Å². The molecule has 1 aliphatic rings. The van der Waals surface area contributed by atoms with Crippen LogP contribution in [0.4, 0.5) is 5.69 Å². The maximum atomic E-state index is 12.5. The number of hydrogen-bond acceptors (Lipinski definition) is 3. The number of benzene rings is 1. The number of hydrogen-bond donors (Lipinski definition) is 0. The van der Waals surface area contributed by atoms with Crippen LogP contribution in [-0.4, -0.2) is 46.8 Å². The number of carbonyl (C=O) groups excluding carboxylic acids is 1. The third kappa shape index (κ3) is 3.20. The summed E-state index contributed by atoms with van der Waals surface area (Å²) in [7, 11) is 1.85. The van der Waals surface area contributed by atoms with E-state index < -0.39 is 0 Å². The molecule has 1 aliphatic heterocycles. The van der Waals surface area contributed by atoms with Crippen molar-refractivity contribution in [2.45, 2.75) is 13.8 Å². The summed E-state index contributed by atoms with van der Waals surface area (Å²) in [5, 5.41) is 5.03. The van der Waals surface area contributed by atoms with Gasteiger partial charge in [-0.05, 0) is 37.6 Å². The molecule has 1 aromatic heterocycles. The van der Waals surface area contributed by atoms with E-state index in [2.05, 4.69) is 16.9 Å². The van der Waals surface area contributed by atoms with Gasteiger partial charge in [0.2, 0.25) is 0 Å². The summed E-state index contributed by atoms with van der Waals surface area (Å²) in [4.78, 5) is 16.7. The van der Waals surface area contributed by atoms with Crippen molar-refractivity contribution in [1.82, 2.24) is 14.7 Å². The van der Waals surface area contributed by atoms with Crippen molar-refractivity contribution in [3.05, 3.63) is 46.2 Å². The van der Waals surface area contributed by atoms with E-state index in [4.69, 9.17) is 11.6 Å². The Balaban J connectivity index is 1.68. The maximum Gasteiger partial charge on any atom is 0.274 e. The lowest BCUT2D eigenvalue weighted by molar-refractivity contribution is 0.0740. The molecular weight excluding hydrogens is 312 g/mol. The lowest BCUT2D eigenvalue weighted by Crippen LogP contribution is -2.49. The minimum Gasteiger partial charge on any atom is -0.368 e. The van der Waals surface area contributed by atoms with Crippen molar-refractivity contribution in [3.63, 3.8) is 0 Å². The summed E-state index contributed by atoms with van der Waals surface area (Å²) < 4.78 is 1.73. The van der Waals surface area contributed by atoms with Gasteiger partial charge in [0.25, 0.3) is 5.91 Å². The first-order chi connectivity index (χ1) is 11.0. The summed E-state index contributed by atoms with van der Waals surface area (Å²) >= 11 is 6.11. The second-order valence-electron chi connectivity index (χ2n) is 6.00. The molecule has 0 bridgehead atoms. The first-order valence-electron chi connectivity index (χ1n) is 7.77. The fraction of sp³-hybridized carbons (Fsp3) is 0.412. The van der Waals surface area contributed by atoms with Gasteiger partial charge in [-0.15, -0.1) is 0 Å². The van der Waals surface area contributed by atoms with Crippen molar-refractivity contribution >= 4 is 23.2 Å². The highest BCUT2D eigenvalue weighted by Gasteiger charge is 2.24. The van der Waals surface area contributed by atoms with Gasteiger partial charge in [0.05, 0.1) is 0 Å². The Hall–Kier alpha value is -2.01. The Bertz CT molecular complexity index is 713. The molecule has 6 heteroatoms. The number of piperazine rings is 1. The van der Waals surface area contributed by atoms with Crippen LogP contribution in [0.25, 0.3) is 0 Å². The van der Waals surface area contributed by atoms with Gasteiger partial charge in [0, 0.05) is 49.6 Å². The van der Waals surface area contributed by atoms with Crippen LogP contribution in [0.1, 0.15) is 21.7 Å². The second-order valence-corrected chi connectivity index (χ2v) is 6.44. The molecule has 1 saturated heterocycles. The summed E-state index contributed by atoms with van der Waals surface area (Å²) in [5.74, 6) is 0.0103. The quantitative estimate of drug-likeness (QED) is 0.849. The van der Waals surface area contributed by atoms with Crippen LogP contribution in [0.15, 0.2) is 24.3 Å². The number of aromatic nitrogens is 2. The number of aryl methyl sites for hydroxylation is 3. The fourth-order valence-electron chi connectivity index (χ4n) is 2.90. The van der Waals surface area contributed by atoms with Gasteiger partial charge < -0.3 is 9.80 Å². The lowest BCUT2D eigenvalue weighted by Gasteiger charge is -2.36. The highest BCUT2D eigenvalue weighted by Crippen LogP contribution is 2.25. The molecule has 2 heterocycles. The van der Waals surface area contributed by atoms with E-state index in [9.17, 15) is 4.79 Å². The molecule has 3 rings (SSSR count). The predicted octanol–water partition coefficient (Wildman–Crippen LogP) is 2.65. The van der Waals surface area contributed by atoms with Gasteiger partial charge in [-0.1, -0.05) is 17.7 Å². The Morgan fingerprint density at radius 1 is 1.13 bits per heavy atom. The third-order valence-corrected chi connectivity index (χ3v) is 4.65. The second kappa shape index (κ2) is 6.24. The third-order valence-electron chi connectivity index (χ3n) is 4.41. The molecule has 0 N–H and O–H groups in total. The fourth-order valence-corrected chi connectivity index (χ4v) is 3.07. The molecule has 2 aromatic rings. The molecule has 1 aromatic carbocycles. The molecule has 0 saturated carbocycles. The molecule has 122 valence electrons. The number of amides is 1. The molecular formula is C17H21ClN4O. The van der Waals surface area contributed by atoms with E-state index >= 15 is 0 Å². The van der Waals surface area contributed by atoms with E-state index in [1.165, 1.54) is 5.56 Å². The summed E-state index contributed by atoms with van der Waals surface area (Å²) in [6, 6.07) is 7.78. The Kier molecular flexibility index (Phi) is 4.31. The van der Waals surface area contributed by atoms with E-state index in [0.29, 0.717) is 18.8 Å². The largest absolute Gasteiger partial charge is 0.368 e. The van der Waals surface area contributed by atoms with Crippen molar-refractivity contribution in [2.75, 3.05) is 31.1 Å². The van der Waals surface area contributed by atoms with Gasteiger partial charge in [-0.25, -0.2) is 0 Å². The lowest BCUT2D eigenvalue weighted by atomic mass is 10.1. The molecule has 0 unspecified atom stereocenters. The molecule has 1 amide bonds. The molecule has 0 aliphatic carbocycles. The standard InChI is InChI=1S/C17H21ClN4O/c1-12-4-5-14(18)11-16(12)21-6-8-22(9-7-21)17(23)15-10-13(2)20(3)19-15/h4-5,10-11H,6-9H2,1-3H3. The number of anilines is 1. The first kappa shape index (κ1) is 15.9. The number of nitrogens with zero attached hydrogens (tertiary/aromatic N) is 4. The minimum absolute atomic E-state index is 0.0103. The highest BCUT2D eigenvalue weighted by molar-refractivity contribution is 6.30. The normalized spacial score (nSPS) is 15.1. The van der Waals surface area contributed by atoms with Crippen LogP contribution in [0.5, 0.6) is 0 Å². The first-order valence-corrected chi connectivity index (χ1v) is 8.14. The monoisotopic (exact) mass is 332 g/mol. The molecule has 0 radical (unpaired) electrons. The molecule has 0 atom stereocenters. The van der Waals surface area contributed by atoms with Crippen LogP contribution in [0.2, 0.25) is 5.02 Å². The van der Waals surface area contributed by atoms with Crippen molar-refractivity contribution in [1.29, 1.82) is 0 Å². The Morgan fingerprint density at radius 3 is 2.43 bits per heavy atom. The average Bonchev–Trinajstić information content (AvgIpc) is 2.88. The SMILES string of the molecule is Cc1ccc(Cl)cc1N1CCN(C(=O)c2cc(C)n(C)n2)CC1. The van der Waals surface area contributed by atoms with Gasteiger partial charge in [0.1, 0.15) is 0 Å². The van der Waals surface area contributed by atoms with Crippen molar-refractivity contribution < 1.29 is 4.79 Å². The zero-order valence-corrected chi connectivity index (χ0v) is 14.5. The topological polar surface area (TPSA) is 41.4 Å². The minimum atomic E-state index is 0.0103. The van der Waals surface area contributed by atoms with Crippen LogP contribution in [-0.2, 0) is 7.05 Å². The van der Waals surface area contributed by atoms with Crippen LogP contribution < -0.4 is 4.90 Å². The van der Waals surface area contributed by atoms with Gasteiger partial charge >= 0.3 is 0 Å². The van der Waals surface area contributed by atoms with E-state index in [1.807, 2.05) is 43.1 Å². The Morgan fingerprint density at radius 2 is 1.83 bits per heavy atom. The predicted molar refractivity (Wildman–Crippen MR) is 92.3 cm³/mol. The zero-order chi connectivity index (χ0) is 16.6. The van der Waals surface area contributed by atoms with Gasteiger partial charge in [0.15, 0.2) is 5.69 Å². The van der Waals surface area contributed by atoms with Crippen molar-refractivity contribution in [3.8, 4) is 0 Å². The number of rotatable bonds is 2. The Labute approximate surface area is 141 Å². The van der Waals surface area contributed by atoms with Crippen LogP contribution in [0, 0.1) is 13.8 Å². The molecule has 0 spiro atoms. The smallest absolute Gasteiger partial charge is 0.274 e. The van der Waals surface area contributed by atoms with Gasteiger partial charge in [-0.2, -0.15) is 5.10 Å². The van der Waals surface area contributed by atoms with Crippen LogP contribution >= 0.6 is 11.6 Å². The average molecular weight is 333 g/mol. The maximum absolute atomic E-state index is 12.5. The number of carbonyl (C=O) groups is 1. The van der Waals surface area contributed by atoms with E-state index in [1.54, 1.807) is 4.68 Å². The van der Waals surface area contributed by atoms with E-state index in [0.717, 1.165) is 29.5 Å². The van der Waals surface area contributed by atoms with E-state index in [-0.39, 0.29) is 5.91 Å². The highest BCUT2D eigenvalue weighted by atomic mass is 35.5. The summed E-state index contributed by atoms with van der Waals surface area (Å²) in [6.07, 6.45) is 0. The molecule has 5 nitrogen and oxygen atoms in total. The van der Waals surface area contributed by atoms with Crippen LogP contribution in [0.3, 0.4) is 0 Å².